The SMILES string of the molecule is CCC(C)Cc1ccc(OC(=O)c2ccc(-c3cc[c-]cc3)cc2)cc1.[Rf]. The van der Waals surface area contributed by atoms with Crippen LogP contribution in [0.2, 0.25) is 0 Å². The Morgan fingerprint density at radius 2 is 1.52 bits per heavy atom. The van der Waals surface area contributed by atoms with Crippen LogP contribution in [0.15, 0.2) is 72.8 Å². The predicted octanol–water partition coefficient (Wildman–Crippen LogP) is 5.96. The summed E-state index contributed by atoms with van der Waals surface area (Å²) < 4.78 is 5.49. The molecular formula is C24H23O2Rf-. The van der Waals surface area contributed by atoms with E-state index in [9.17, 15) is 4.79 Å². The second kappa shape index (κ2) is 9.00. The molecule has 0 saturated carbocycles. The number of rotatable bonds is 6. The summed E-state index contributed by atoms with van der Waals surface area (Å²) in [5.41, 5.74) is 3.97. The van der Waals surface area contributed by atoms with E-state index in [0.29, 0.717) is 17.2 Å². The Kier molecular flexibility index (Phi) is 6.49. The monoisotopic (exact) mass is 610 g/mol. The smallest absolute Gasteiger partial charge is 0.343 e. The van der Waals surface area contributed by atoms with Gasteiger partial charge in [-0.2, -0.15) is 30.3 Å². The van der Waals surface area contributed by atoms with Crippen molar-refractivity contribution in [1.82, 2.24) is 0 Å². The maximum Gasteiger partial charge on any atom is 0.343 e. The molecule has 0 aliphatic carbocycles. The van der Waals surface area contributed by atoms with E-state index in [1.54, 1.807) is 12.1 Å². The molecule has 0 fully saturated rings. The molecule has 1 unspecified atom stereocenters. The largest absolute Gasteiger partial charge is 0.423 e. The molecule has 27 heavy (non-hydrogen) atoms. The maximum atomic E-state index is 12.3. The first-order valence-corrected chi connectivity index (χ1v) is 9.03. The molecule has 0 bridgehead atoms. The predicted molar refractivity (Wildman–Crippen MR) is 105 cm³/mol. The van der Waals surface area contributed by atoms with Crippen LogP contribution in [0.3, 0.4) is 0 Å². The van der Waals surface area contributed by atoms with Crippen LogP contribution in [0.25, 0.3) is 11.1 Å². The molecule has 0 aliphatic heterocycles. The van der Waals surface area contributed by atoms with Gasteiger partial charge in [-0.25, -0.2) is 4.79 Å². The van der Waals surface area contributed by atoms with E-state index >= 15 is 0 Å². The van der Waals surface area contributed by atoms with Crippen LogP contribution in [0.1, 0.15) is 36.2 Å². The molecule has 2 nitrogen and oxygen atoms in total. The second-order valence-electron chi connectivity index (χ2n) is 6.62. The van der Waals surface area contributed by atoms with Crippen LogP contribution in [0.5, 0.6) is 5.75 Å². The molecule has 3 aromatic rings. The Balaban J connectivity index is 0.00000261. The maximum absolute atomic E-state index is 12.3. The summed E-state index contributed by atoms with van der Waals surface area (Å²) >= 11 is 0. The molecule has 0 heterocycles. The van der Waals surface area contributed by atoms with Crippen molar-refractivity contribution >= 4 is 5.97 Å². The van der Waals surface area contributed by atoms with Crippen molar-refractivity contribution in [3.05, 3.63) is 90.0 Å². The summed E-state index contributed by atoms with van der Waals surface area (Å²) in [4.78, 5) is 12.3. The van der Waals surface area contributed by atoms with Crippen LogP contribution in [-0.4, -0.2) is 5.97 Å². The van der Waals surface area contributed by atoms with E-state index in [1.165, 1.54) is 5.56 Å². The summed E-state index contributed by atoms with van der Waals surface area (Å²) in [6, 6.07) is 26.0. The average molecular weight is 610 g/mol. The molecule has 0 aliphatic rings. The van der Waals surface area contributed by atoms with Gasteiger partial charge in [-0.05, 0) is 47.7 Å². The Labute approximate surface area is 155 Å². The van der Waals surface area contributed by atoms with E-state index in [2.05, 4.69) is 19.9 Å². The number of hydrogen-bond donors (Lipinski definition) is 0. The topological polar surface area (TPSA) is 26.3 Å². The Hall–Kier alpha value is -3.87. The van der Waals surface area contributed by atoms with Crippen molar-refractivity contribution in [3.8, 4) is 16.9 Å². The van der Waals surface area contributed by atoms with Crippen LogP contribution >= 0.6 is 0 Å². The molecule has 1 atom stereocenters. The summed E-state index contributed by atoms with van der Waals surface area (Å²) in [6.07, 6.45) is 2.21. The number of carbonyl (C=O) groups is 1. The minimum Gasteiger partial charge on any atom is -0.423 e. The fraction of sp³-hybridized carbons (Fsp3) is 0.208. The molecule has 0 saturated heterocycles. The minimum atomic E-state index is -0.340. The zero-order valence-electron chi connectivity index (χ0n) is 15.9. The fourth-order valence-electron chi connectivity index (χ4n) is 2.78. The first-order valence-electron chi connectivity index (χ1n) is 9.03. The molecule has 0 spiro atoms. The van der Waals surface area contributed by atoms with Crippen LogP contribution in [0.4, 0.5) is 0 Å². The second-order valence-corrected chi connectivity index (χ2v) is 6.62. The van der Waals surface area contributed by atoms with Crippen molar-refractivity contribution in [2.75, 3.05) is 0 Å². The van der Waals surface area contributed by atoms with Crippen LogP contribution < -0.4 is 4.74 Å². The van der Waals surface area contributed by atoms with Gasteiger partial charge in [-0.15, -0.1) is 5.56 Å². The quantitative estimate of drug-likeness (QED) is 0.196. The van der Waals surface area contributed by atoms with Crippen molar-refractivity contribution < 1.29 is 9.53 Å². The van der Waals surface area contributed by atoms with Gasteiger partial charge in [0, 0.05) is 0 Å². The third-order valence-electron chi connectivity index (χ3n) is 4.59. The number of ether oxygens (including phenoxy) is 1. The van der Waals surface area contributed by atoms with Gasteiger partial charge >= 0.3 is 5.97 Å². The molecule has 0 N–H and O–H groups in total. The third kappa shape index (κ3) is 5.05. The minimum absolute atomic E-state index is 0. The molecule has 134 valence electrons. The third-order valence-corrected chi connectivity index (χ3v) is 4.59. The van der Waals surface area contributed by atoms with Gasteiger partial charge in [-0.1, -0.05) is 44.5 Å². The van der Waals surface area contributed by atoms with Crippen molar-refractivity contribution in [2.24, 2.45) is 5.92 Å². The van der Waals surface area contributed by atoms with Crippen molar-refractivity contribution in [3.63, 3.8) is 0 Å². The van der Waals surface area contributed by atoms with Gasteiger partial charge in [0.2, 0.25) is 0 Å². The van der Waals surface area contributed by atoms with Gasteiger partial charge in [0.1, 0.15) is 5.75 Å². The Morgan fingerprint density at radius 1 is 0.926 bits per heavy atom. The van der Waals surface area contributed by atoms with E-state index in [4.69, 9.17) is 4.74 Å². The first-order chi connectivity index (χ1) is 12.7. The summed E-state index contributed by atoms with van der Waals surface area (Å²) in [7, 11) is 0. The summed E-state index contributed by atoms with van der Waals surface area (Å²) in [5, 5.41) is 0. The zero-order valence-corrected chi connectivity index (χ0v) is 22.3. The van der Waals surface area contributed by atoms with Gasteiger partial charge in [0.25, 0.3) is 0 Å². The molecule has 0 amide bonds. The van der Waals surface area contributed by atoms with Crippen LogP contribution in [-0.2, 0) is 6.42 Å². The van der Waals surface area contributed by atoms with Gasteiger partial charge in [0.15, 0.2) is 0 Å². The molecule has 3 rings (SSSR count). The van der Waals surface area contributed by atoms with E-state index in [1.807, 2.05) is 60.7 Å². The standard InChI is InChI=1S/C24H23O2.Rf/c1-3-18(2)17-19-9-15-23(16-10-19)26-24(25)22-13-11-21(12-14-22)20-7-5-4-6-8-20;/h5-16,18H,3,17H2,1-2H3;/q-1;. The Bertz CT molecular complexity index is 840. The van der Waals surface area contributed by atoms with E-state index in [0.717, 1.165) is 24.0 Å². The van der Waals surface area contributed by atoms with Gasteiger partial charge < -0.3 is 4.74 Å². The first kappa shape index (κ1) is 19.5. The number of hydrogen-bond acceptors (Lipinski definition) is 2. The van der Waals surface area contributed by atoms with E-state index in [-0.39, 0.29) is 5.97 Å². The van der Waals surface area contributed by atoms with E-state index < -0.39 is 0 Å². The molecule has 3 heteroatoms. The normalized spacial score (nSPS) is 11.3. The van der Waals surface area contributed by atoms with Crippen molar-refractivity contribution in [1.29, 1.82) is 0 Å². The zero-order chi connectivity index (χ0) is 18.4. The fourth-order valence-corrected chi connectivity index (χ4v) is 2.78. The molecule has 0 aromatic heterocycles. The van der Waals surface area contributed by atoms with Crippen LogP contribution in [0, 0.1) is 12.0 Å². The number of carbonyl (C=O) groups excluding carboxylic acids is 1. The summed E-state index contributed by atoms with van der Waals surface area (Å²) in [5.74, 6) is 0.891. The van der Waals surface area contributed by atoms with Gasteiger partial charge in [0.05, 0.1) is 5.56 Å². The molecule has 0 radical (unpaired) electrons. The molecule has 3 aromatic carbocycles. The number of esters is 1. The Morgan fingerprint density at radius 3 is 2.11 bits per heavy atom. The number of benzene rings is 3. The average Bonchev–Trinajstić information content (AvgIpc) is 2.70. The van der Waals surface area contributed by atoms with Gasteiger partial charge in [-0.3, -0.25) is 0 Å². The van der Waals surface area contributed by atoms with Crippen molar-refractivity contribution in [2.45, 2.75) is 26.7 Å². The molecular weight excluding hydrogens is 587 g/mol. The summed E-state index contributed by atoms with van der Waals surface area (Å²) in [6.45, 7) is 4.44.